The molecule has 0 amide bonds. The van der Waals surface area contributed by atoms with Crippen molar-refractivity contribution in [3.05, 3.63) is 45.9 Å². The number of ether oxygens (including phenoxy) is 3. The van der Waals surface area contributed by atoms with Crippen LogP contribution in [0, 0.1) is 0 Å². The lowest BCUT2D eigenvalue weighted by Crippen LogP contribution is -2.31. The predicted molar refractivity (Wildman–Crippen MR) is 98.8 cm³/mol. The Morgan fingerprint density at radius 2 is 1.74 bits per heavy atom. The van der Waals surface area contributed by atoms with E-state index in [1.165, 1.54) is 39.0 Å². The molecule has 2 aromatic rings. The van der Waals surface area contributed by atoms with Gasteiger partial charge in [-0.1, -0.05) is 0 Å². The number of nitrogens with zero attached hydrogens (tertiary/aromatic N) is 2. The SMILES string of the molecule is COc1cc(OC)c(C(=O)C2(c3nc(C(=O)O)cs3)C=CC=N2)cc1OC. The highest BCUT2D eigenvalue weighted by molar-refractivity contribution is 7.10. The summed E-state index contributed by atoms with van der Waals surface area (Å²) in [4.78, 5) is 33.0. The fourth-order valence-electron chi connectivity index (χ4n) is 2.70. The molecule has 1 aromatic carbocycles. The van der Waals surface area contributed by atoms with E-state index < -0.39 is 17.3 Å². The molecule has 2 heterocycles. The van der Waals surface area contributed by atoms with Crippen molar-refractivity contribution in [3.8, 4) is 17.2 Å². The number of rotatable bonds is 7. The lowest BCUT2D eigenvalue weighted by atomic mass is 9.90. The molecule has 8 nitrogen and oxygen atoms in total. The molecule has 0 aliphatic carbocycles. The first-order valence-electron chi connectivity index (χ1n) is 7.74. The Hall–Kier alpha value is -3.20. The van der Waals surface area contributed by atoms with Crippen molar-refractivity contribution in [2.24, 2.45) is 4.99 Å². The van der Waals surface area contributed by atoms with Crippen LogP contribution in [0.3, 0.4) is 0 Å². The number of aromatic carboxylic acids is 1. The molecule has 0 saturated carbocycles. The minimum absolute atomic E-state index is 0.142. The minimum atomic E-state index is -1.45. The molecule has 9 heteroatoms. The topological polar surface area (TPSA) is 107 Å². The van der Waals surface area contributed by atoms with E-state index in [4.69, 9.17) is 19.3 Å². The fourth-order valence-corrected chi connectivity index (χ4v) is 3.62. The van der Waals surface area contributed by atoms with Gasteiger partial charge in [-0.2, -0.15) is 0 Å². The number of aliphatic imine (C=N–C) groups is 1. The van der Waals surface area contributed by atoms with Crippen molar-refractivity contribution >= 4 is 29.3 Å². The van der Waals surface area contributed by atoms with Crippen LogP contribution in [-0.4, -0.2) is 49.4 Å². The first-order valence-corrected chi connectivity index (χ1v) is 8.62. The number of aromatic nitrogens is 1. The molecule has 1 atom stereocenters. The average molecular weight is 388 g/mol. The number of ketones is 1. The third-order valence-corrected chi connectivity index (χ3v) is 5.01. The fraction of sp³-hybridized carbons (Fsp3) is 0.222. The molecule has 0 spiro atoms. The second kappa shape index (κ2) is 7.20. The highest BCUT2D eigenvalue weighted by Crippen LogP contribution is 2.41. The van der Waals surface area contributed by atoms with Gasteiger partial charge in [-0.15, -0.1) is 11.3 Å². The molecule has 1 aromatic heterocycles. The molecule has 1 aliphatic rings. The average Bonchev–Trinajstić information content (AvgIpc) is 3.36. The number of benzene rings is 1. The highest BCUT2D eigenvalue weighted by atomic mass is 32.1. The van der Waals surface area contributed by atoms with Gasteiger partial charge in [0.2, 0.25) is 5.78 Å². The molecule has 1 unspecified atom stereocenters. The number of thiazole rings is 1. The predicted octanol–water partition coefficient (Wildman–Crippen LogP) is 2.59. The van der Waals surface area contributed by atoms with Crippen LogP contribution < -0.4 is 14.2 Å². The Balaban J connectivity index is 2.15. The molecule has 3 rings (SSSR count). The van der Waals surface area contributed by atoms with Crippen molar-refractivity contribution in [2.75, 3.05) is 21.3 Å². The number of hydrogen-bond acceptors (Lipinski definition) is 8. The van der Waals surface area contributed by atoms with Gasteiger partial charge in [-0.25, -0.2) is 9.78 Å². The van der Waals surface area contributed by atoms with Crippen LogP contribution in [0.5, 0.6) is 17.2 Å². The van der Waals surface area contributed by atoms with Crippen molar-refractivity contribution in [1.29, 1.82) is 0 Å². The molecule has 1 aliphatic heterocycles. The second-order valence-corrected chi connectivity index (χ2v) is 6.34. The third kappa shape index (κ3) is 3.06. The van der Waals surface area contributed by atoms with E-state index in [1.807, 2.05) is 0 Å². The summed E-state index contributed by atoms with van der Waals surface area (Å²) in [6.45, 7) is 0. The normalized spacial score (nSPS) is 17.7. The Labute approximate surface area is 158 Å². The van der Waals surface area contributed by atoms with Crippen LogP contribution in [0.4, 0.5) is 0 Å². The number of methoxy groups -OCH3 is 3. The highest BCUT2D eigenvalue weighted by Gasteiger charge is 2.44. The standard InChI is InChI=1S/C18H16N2O6S/c1-24-12-8-14(26-3)13(25-2)7-10(12)15(21)18(5-4-6-19-18)17-20-11(9-27-17)16(22)23/h4-9H,1-3H3,(H,22,23). The van der Waals surface area contributed by atoms with Crippen LogP contribution in [0.15, 0.2) is 34.7 Å². The first kappa shape index (κ1) is 18.6. The van der Waals surface area contributed by atoms with Gasteiger partial charge in [0, 0.05) is 17.7 Å². The van der Waals surface area contributed by atoms with E-state index in [2.05, 4.69) is 9.98 Å². The monoisotopic (exact) mass is 388 g/mol. The number of carboxylic acids is 1. The largest absolute Gasteiger partial charge is 0.496 e. The zero-order valence-corrected chi connectivity index (χ0v) is 15.6. The van der Waals surface area contributed by atoms with Gasteiger partial charge in [-0.3, -0.25) is 9.79 Å². The summed E-state index contributed by atoms with van der Waals surface area (Å²) in [5.41, 5.74) is -1.38. The van der Waals surface area contributed by atoms with E-state index >= 15 is 0 Å². The van der Waals surface area contributed by atoms with E-state index in [9.17, 15) is 9.59 Å². The third-order valence-electron chi connectivity index (χ3n) is 4.05. The lowest BCUT2D eigenvalue weighted by molar-refractivity contribution is 0.0690. The summed E-state index contributed by atoms with van der Waals surface area (Å²) in [7, 11) is 4.37. The molecule has 0 saturated heterocycles. The molecule has 140 valence electrons. The number of allylic oxidation sites excluding steroid dienone is 1. The Bertz CT molecular complexity index is 951. The molecule has 0 radical (unpaired) electrons. The summed E-state index contributed by atoms with van der Waals surface area (Å²) in [6, 6.07) is 3.06. The van der Waals surface area contributed by atoms with Crippen LogP contribution in [0.25, 0.3) is 0 Å². The molecule has 27 heavy (non-hydrogen) atoms. The van der Waals surface area contributed by atoms with Crippen LogP contribution >= 0.6 is 11.3 Å². The van der Waals surface area contributed by atoms with Gasteiger partial charge in [0.1, 0.15) is 10.8 Å². The summed E-state index contributed by atoms with van der Waals surface area (Å²) in [5, 5.41) is 10.8. The Morgan fingerprint density at radius 3 is 2.26 bits per heavy atom. The van der Waals surface area contributed by atoms with Crippen molar-refractivity contribution in [1.82, 2.24) is 4.98 Å². The van der Waals surface area contributed by atoms with Crippen molar-refractivity contribution in [2.45, 2.75) is 5.54 Å². The second-order valence-electron chi connectivity index (χ2n) is 5.48. The van der Waals surface area contributed by atoms with Crippen LogP contribution in [0.2, 0.25) is 0 Å². The smallest absolute Gasteiger partial charge is 0.355 e. The maximum atomic E-state index is 13.5. The molecule has 0 fully saturated rings. The van der Waals surface area contributed by atoms with E-state index in [-0.39, 0.29) is 22.0 Å². The van der Waals surface area contributed by atoms with Crippen LogP contribution in [-0.2, 0) is 5.54 Å². The zero-order valence-electron chi connectivity index (χ0n) is 14.8. The summed E-state index contributed by atoms with van der Waals surface area (Å²) >= 11 is 1.05. The maximum Gasteiger partial charge on any atom is 0.355 e. The molecular formula is C18H16N2O6S. The zero-order chi connectivity index (χ0) is 19.6. The van der Waals surface area contributed by atoms with E-state index in [1.54, 1.807) is 18.2 Å². The van der Waals surface area contributed by atoms with Gasteiger partial charge < -0.3 is 19.3 Å². The molecule has 1 N–H and O–H groups in total. The van der Waals surface area contributed by atoms with Gasteiger partial charge in [-0.05, 0) is 18.2 Å². The molecule has 0 bridgehead atoms. The summed E-state index contributed by atoms with van der Waals surface area (Å²) in [5.74, 6) is -0.546. The number of carbonyl (C=O) groups excluding carboxylic acids is 1. The maximum absolute atomic E-state index is 13.5. The number of carboxylic acid groups (broad SMARTS) is 1. The van der Waals surface area contributed by atoms with Gasteiger partial charge in [0.05, 0.1) is 26.9 Å². The number of hydrogen-bond donors (Lipinski definition) is 1. The Kier molecular flexibility index (Phi) is 4.95. The van der Waals surface area contributed by atoms with Gasteiger partial charge >= 0.3 is 5.97 Å². The summed E-state index contributed by atoms with van der Waals surface area (Å²) in [6.07, 6.45) is 4.68. The van der Waals surface area contributed by atoms with Gasteiger partial charge in [0.25, 0.3) is 0 Å². The number of carbonyl (C=O) groups is 2. The minimum Gasteiger partial charge on any atom is -0.496 e. The van der Waals surface area contributed by atoms with Crippen LogP contribution in [0.1, 0.15) is 25.9 Å². The summed E-state index contributed by atoms with van der Waals surface area (Å²) < 4.78 is 15.9. The number of Topliss-reactive ketones (excluding diaryl/α,β-unsaturated/α-hetero) is 1. The van der Waals surface area contributed by atoms with Gasteiger partial charge in [0.15, 0.2) is 22.7 Å². The lowest BCUT2D eigenvalue weighted by Gasteiger charge is -2.22. The Morgan fingerprint density at radius 1 is 1.07 bits per heavy atom. The van der Waals surface area contributed by atoms with E-state index in [0.29, 0.717) is 11.5 Å². The van der Waals surface area contributed by atoms with Crippen molar-refractivity contribution in [3.63, 3.8) is 0 Å². The first-order chi connectivity index (χ1) is 13.0. The molecular weight excluding hydrogens is 372 g/mol. The quantitative estimate of drug-likeness (QED) is 0.726. The van der Waals surface area contributed by atoms with E-state index in [0.717, 1.165) is 11.3 Å². The van der Waals surface area contributed by atoms with Crippen molar-refractivity contribution < 1.29 is 28.9 Å².